The van der Waals surface area contributed by atoms with E-state index in [1.165, 1.54) is 0 Å². The van der Waals surface area contributed by atoms with Crippen LogP contribution in [-0.2, 0) is 6.54 Å². The van der Waals surface area contributed by atoms with E-state index in [0.29, 0.717) is 35.6 Å². The van der Waals surface area contributed by atoms with E-state index in [2.05, 4.69) is 31.4 Å². The number of anilines is 1. The third-order valence-corrected chi connectivity index (χ3v) is 4.47. The molecule has 3 aromatic rings. The summed E-state index contributed by atoms with van der Waals surface area (Å²) in [6.45, 7) is 2.86. The number of thiophene rings is 1. The first-order valence-corrected chi connectivity index (χ1v) is 8.99. The van der Waals surface area contributed by atoms with E-state index in [-0.39, 0.29) is 0 Å². The van der Waals surface area contributed by atoms with Crippen LogP contribution in [0.25, 0.3) is 11.4 Å². The van der Waals surface area contributed by atoms with Crippen molar-refractivity contribution in [3.8, 4) is 17.1 Å². The van der Waals surface area contributed by atoms with E-state index < -0.39 is 0 Å². The fourth-order valence-electron chi connectivity index (χ4n) is 1.99. The van der Waals surface area contributed by atoms with Crippen LogP contribution in [0.5, 0.6) is 5.75 Å². The van der Waals surface area contributed by atoms with Gasteiger partial charge in [0.05, 0.1) is 23.3 Å². The fourth-order valence-corrected chi connectivity index (χ4v) is 3.55. The molecule has 3 rings (SSSR count). The number of nitrogens with one attached hydrogen (secondary N) is 1. The number of aromatic nitrogens is 2. The molecule has 0 aliphatic heterocycles. The Hall–Kier alpha value is -1.57. The van der Waals surface area contributed by atoms with E-state index in [4.69, 9.17) is 20.9 Å². The lowest BCUT2D eigenvalue weighted by molar-refractivity contribution is 0.339. The van der Waals surface area contributed by atoms with Gasteiger partial charge >= 0.3 is 0 Å². The summed E-state index contributed by atoms with van der Waals surface area (Å²) >= 11 is 11.1. The third kappa shape index (κ3) is 3.85. The van der Waals surface area contributed by atoms with Crippen LogP contribution in [0.4, 0.5) is 5.69 Å². The number of ether oxygens (including phenoxy) is 1. The van der Waals surface area contributed by atoms with Gasteiger partial charge in [-0.3, -0.25) is 0 Å². The van der Waals surface area contributed by atoms with Gasteiger partial charge in [-0.15, -0.1) is 0 Å². The Morgan fingerprint density at radius 1 is 1.43 bits per heavy atom. The van der Waals surface area contributed by atoms with Gasteiger partial charge in [-0.25, -0.2) is 0 Å². The largest absolute Gasteiger partial charge is 0.491 e. The van der Waals surface area contributed by atoms with Crippen LogP contribution < -0.4 is 10.1 Å². The zero-order valence-corrected chi connectivity index (χ0v) is 15.3. The highest BCUT2D eigenvalue weighted by atomic mass is 79.9. The summed E-state index contributed by atoms with van der Waals surface area (Å²) in [5, 5.41) is 11.8. The van der Waals surface area contributed by atoms with Crippen LogP contribution >= 0.6 is 38.9 Å². The molecule has 1 N–H and O–H groups in total. The average Bonchev–Trinajstić information content (AvgIpc) is 3.18. The summed E-state index contributed by atoms with van der Waals surface area (Å²) in [6.07, 6.45) is 0. The number of nitrogens with zero attached hydrogens (tertiary/aromatic N) is 2. The van der Waals surface area contributed by atoms with Crippen LogP contribution in [0.1, 0.15) is 12.8 Å². The predicted octanol–water partition coefficient (Wildman–Crippen LogP) is 5.22. The van der Waals surface area contributed by atoms with Gasteiger partial charge in [0.15, 0.2) is 5.75 Å². The molecule has 0 unspecified atom stereocenters. The molecule has 0 saturated heterocycles. The molecule has 23 heavy (non-hydrogen) atoms. The molecule has 0 amide bonds. The highest BCUT2D eigenvalue weighted by Gasteiger charge is 2.13. The minimum Gasteiger partial charge on any atom is -0.491 e. The average molecular weight is 415 g/mol. The van der Waals surface area contributed by atoms with E-state index >= 15 is 0 Å². The van der Waals surface area contributed by atoms with Gasteiger partial charge < -0.3 is 14.6 Å². The maximum Gasteiger partial charge on any atom is 0.246 e. The normalized spacial score (nSPS) is 10.7. The molecule has 0 aliphatic carbocycles. The van der Waals surface area contributed by atoms with E-state index in [9.17, 15) is 0 Å². The minimum atomic E-state index is 0.379. The molecule has 2 aromatic heterocycles. The molecule has 0 saturated carbocycles. The summed E-state index contributed by atoms with van der Waals surface area (Å²) in [4.78, 5) is 4.37. The zero-order chi connectivity index (χ0) is 16.2. The summed E-state index contributed by atoms with van der Waals surface area (Å²) < 4.78 is 11.7. The molecule has 8 heteroatoms. The summed E-state index contributed by atoms with van der Waals surface area (Å²) in [7, 11) is 0. The van der Waals surface area contributed by atoms with Gasteiger partial charge in [0, 0.05) is 16.0 Å². The fraction of sp³-hybridized carbons (Fsp3) is 0.200. The lowest BCUT2D eigenvalue weighted by Gasteiger charge is -2.13. The van der Waals surface area contributed by atoms with Crippen LogP contribution in [0.2, 0.25) is 5.02 Å². The molecular weight excluding hydrogens is 402 g/mol. The van der Waals surface area contributed by atoms with Crippen molar-refractivity contribution in [1.82, 2.24) is 10.1 Å². The molecule has 1 aromatic carbocycles. The Balaban J connectivity index is 1.76. The van der Waals surface area contributed by atoms with Crippen molar-refractivity contribution >= 4 is 44.6 Å². The van der Waals surface area contributed by atoms with Crippen molar-refractivity contribution in [1.29, 1.82) is 0 Å². The number of rotatable bonds is 6. The van der Waals surface area contributed by atoms with Gasteiger partial charge in [0.1, 0.15) is 0 Å². The second-order valence-corrected chi connectivity index (χ2v) is 6.65. The van der Waals surface area contributed by atoms with Crippen LogP contribution in [-0.4, -0.2) is 16.7 Å². The number of halogens is 2. The maximum absolute atomic E-state index is 6.10. The molecule has 2 heterocycles. The first-order chi connectivity index (χ1) is 11.2. The van der Waals surface area contributed by atoms with Gasteiger partial charge in [0.2, 0.25) is 11.7 Å². The van der Waals surface area contributed by atoms with Gasteiger partial charge in [-0.1, -0.05) is 16.8 Å². The summed E-state index contributed by atoms with van der Waals surface area (Å²) in [5.74, 6) is 1.78. The van der Waals surface area contributed by atoms with Gasteiger partial charge in [-0.2, -0.15) is 16.3 Å². The Labute approximate surface area is 150 Å². The van der Waals surface area contributed by atoms with Crippen molar-refractivity contribution < 1.29 is 9.26 Å². The topological polar surface area (TPSA) is 60.2 Å². The Bertz CT molecular complexity index is 792. The van der Waals surface area contributed by atoms with Crippen molar-refractivity contribution in [2.24, 2.45) is 0 Å². The maximum atomic E-state index is 6.10. The molecule has 0 spiro atoms. The minimum absolute atomic E-state index is 0.379. The molecule has 0 bridgehead atoms. The summed E-state index contributed by atoms with van der Waals surface area (Å²) in [6, 6.07) is 5.54. The molecule has 120 valence electrons. The molecule has 0 aliphatic rings. The van der Waals surface area contributed by atoms with Crippen molar-refractivity contribution in [2.45, 2.75) is 13.5 Å². The lowest BCUT2D eigenvalue weighted by atomic mass is 10.3. The summed E-state index contributed by atoms with van der Waals surface area (Å²) in [5.41, 5.74) is 1.71. The molecule has 0 radical (unpaired) electrons. The predicted molar refractivity (Wildman–Crippen MR) is 95.3 cm³/mol. The third-order valence-electron chi connectivity index (χ3n) is 2.97. The second kappa shape index (κ2) is 7.33. The number of benzene rings is 1. The van der Waals surface area contributed by atoms with Crippen molar-refractivity contribution in [3.63, 3.8) is 0 Å². The highest BCUT2D eigenvalue weighted by Crippen LogP contribution is 2.36. The van der Waals surface area contributed by atoms with E-state index in [1.54, 1.807) is 23.5 Å². The van der Waals surface area contributed by atoms with E-state index in [0.717, 1.165) is 15.7 Å². The van der Waals surface area contributed by atoms with Gasteiger partial charge in [-0.05, 0) is 46.4 Å². The highest BCUT2D eigenvalue weighted by molar-refractivity contribution is 9.10. The molecule has 0 fully saturated rings. The smallest absolute Gasteiger partial charge is 0.246 e. The standard InChI is InChI=1S/C15H13BrClN3O2S/c1-2-21-14-11(16)5-10(17)6-12(14)18-7-13-19-15(20-22-13)9-3-4-23-8-9/h3-6,8,18H,2,7H2,1H3. The monoisotopic (exact) mass is 413 g/mol. The Kier molecular flexibility index (Phi) is 5.20. The van der Waals surface area contributed by atoms with Crippen LogP contribution in [0.3, 0.4) is 0 Å². The Morgan fingerprint density at radius 3 is 3.04 bits per heavy atom. The van der Waals surface area contributed by atoms with Gasteiger partial charge in [0.25, 0.3) is 0 Å². The van der Waals surface area contributed by atoms with Crippen molar-refractivity contribution in [2.75, 3.05) is 11.9 Å². The molecule has 0 atom stereocenters. The molecular formula is C15H13BrClN3O2S. The first kappa shape index (κ1) is 16.3. The van der Waals surface area contributed by atoms with Crippen LogP contribution in [0, 0.1) is 0 Å². The Morgan fingerprint density at radius 2 is 2.30 bits per heavy atom. The number of hydrogen-bond acceptors (Lipinski definition) is 6. The quantitative estimate of drug-likeness (QED) is 0.599. The lowest BCUT2D eigenvalue weighted by Crippen LogP contribution is -2.03. The first-order valence-electron chi connectivity index (χ1n) is 6.88. The molecule has 5 nitrogen and oxygen atoms in total. The van der Waals surface area contributed by atoms with Crippen LogP contribution in [0.15, 0.2) is 38.0 Å². The van der Waals surface area contributed by atoms with Crippen molar-refractivity contribution in [3.05, 3.63) is 44.3 Å². The second-order valence-electron chi connectivity index (χ2n) is 4.57. The SMILES string of the molecule is CCOc1c(Br)cc(Cl)cc1NCc1nc(-c2ccsc2)no1. The zero-order valence-electron chi connectivity index (χ0n) is 12.2. The van der Waals surface area contributed by atoms with E-state index in [1.807, 2.05) is 23.8 Å². The number of hydrogen-bond donors (Lipinski definition) is 1.